The molecule has 2 unspecified atom stereocenters. The molecule has 4 rings (SSSR count). The summed E-state index contributed by atoms with van der Waals surface area (Å²) < 4.78 is 1.91. The van der Waals surface area contributed by atoms with E-state index in [1.54, 1.807) is 0 Å². The van der Waals surface area contributed by atoms with E-state index in [2.05, 4.69) is 0 Å². The summed E-state index contributed by atoms with van der Waals surface area (Å²) in [6, 6.07) is 0. The molecule has 2 nitrogen and oxygen atoms in total. The molecule has 12 heavy (non-hydrogen) atoms. The Morgan fingerprint density at radius 2 is 2.17 bits per heavy atom. The fraction of sp³-hybridized carbons (Fsp3) is 0.900. The minimum atomic E-state index is 0.308. The van der Waals surface area contributed by atoms with Gasteiger partial charge in [-0.15, -0.1) is 0 Å². The molecule has 0 amide bonds. The Balaban J connectivity index is 2.14. The molecule has 0 aromatic carbocycles. The van der Waals surface area contributed by atoms with E-state index < -0.39 is 0 Å². The highest BCUT2D eigenvalue weighted by Crippen LogP contribution is 2.46. The molecule has 3 heterocycles. The van der Waals surface area contributed by atoms with E-state index in [9.17, 15) is 0 Å². The van der Waals surface area contributed by atoms with Gasteiger partial charge in [0.2, 0.25) is 0 Å². The van der Waals surface area contributed by atoms with E-state index >= 15 is 0 Å². The monoisotopic (exact) mass is 164 g/mol. The van der Waals surface area contributed by atoms with Crippen LogP contribution in [-0.4, -0.2) is 15.9 Å². The average molecular weight is 164 g/mol. The van der Waals surface area contributed by atoms with Crippen LogP contribution in [0.15, 0.2) is 0 Å². The quantitative estimate of drug-likeness (QED) is 0.492. The van der Waals surface area contributed by atoms with Crippen LogP contribution in [0.3, 0.4) is 0 Å². The van der Waals surface area contributed by atoms with Crippen LogP contribution in [0.25, 0.3) is 5.84 Å². The van der Waals surface area contributed by atoms with Crippen LogP contribution in [0.5, 0.6) is 0 Å². The molecule has 3 bridgehead atoms. The third kappa shape index (κ3) is 0.644. The SMILES string of the molecule is [NH-][N+]1=C2CCC13CCCC2CC3. The van der Waals surface area contributed by atoms with Gasteiger partial charge in [0, 0.05) is 31.6 Å². The molecule has 1 spiro atoms. The minimum Gasteiger partial charge on any atom is -0.454 e. The Hall–Kier alpha value is -0.530. The molecular weight excluding hydrogens is 148 g/mol. The number of fused-ring (bicyclic) bond motifs is 3. The Kier molecular flexibility index (Phi) is 1.18. The molecule has 0 saturated heterocycles. The standard InChI is InChI=1S/C10H16N2/c11-12-9-4-7-10(12)5-1-2-8(9)3-6-10/h8,11H,1-7H2. The summed E-state index contributed by atoms with van der Waals surface area (Å²) in [5.74, 6) is 8.85. The summed E-state index contributed by atoms with van der Waals surface area (Å²) in [4.78, 5) is 0. The Morgan fingerprint density at radius 1 is 1.25 bits per heavy atom. The van der Waals surface area contributed by atoms with Gasteiger partial charge in [0.05, 0.1) is 0 Å². The van der Waals surface area contributed by atoms with E-state index in [4.69, 9.17) is 5.84 Å². The highest BCUT2D eigenvalue weighted by molar-refractivity contribution is 5.84. The number of hydrogen-bond donors (Lipinski definition) is 0. The second kappa shape index (κ2) is 2.04. The topological polar surface area (TPSA) is 26.8 Å². The van der Waals surface area contributed by atoms with Crippen molar-refractivity contribution < 1.29 is 4.68 Å². The van der Waals surface area contributed by atoms with Gasteiger partial charge >= 0.3 is 0 Å². The lowest BCUT2D eigenvalue weighted by molar-refractivity contribution is -0.549. The molecule has 4 aliphatic rings. The van der Waals surface area contributed by atoms with Crippen LogP contribution in [-0.2, 0) is 0 Å². The maximum absolute atomic E-state index is 8.06. The Labute approximate surface area is 73.4 Å². The van der Waals surface area contributed by atoms with Gasteiger partial charge in [0.15, 0.2) is 11.3 Å². The van der Waals surface area contributed by atoms with Crippen LogP contribution in [0.1, 0.15) is 44.9 Å². The second-order valence-corrected chi connectivity index (χ2v) is 4.68. The number of nitrogens with one attached hydrogen (secondary N) is 1. The largest absolute Gasteiger partial charge is 0.454 e. The van der Waals surface area contributed by atoms with Gasteiger partial charge in [-0.05, 0) is 19.3 Å². The molecule has 1 N–H and O–H groups in total. The van der Waals surface area contributed by atoms with Crippen molar-refractivity contribution in [3.63, 3.8) is 0 Å². The van der Waals surface area contributed by atoms with Gasteiger partial charge in [-0.2, -0.15) is 0 Å². The lowest BCUT2D eigenvalue weighted by atomic mass is 9.88. The van der Waals surface area contributed by atoms with Crippen molar-refractivity contribution in [2.24, 2.45) is 5.92 Å². The molecule has 0 radical (unpaired) electrons. The van der Waals surface area contributed by atoms with Crippen LogP contribution in [0, 0.1) is 5.92 Å². The lowest BCUT2D eigenvalue weighted by Gasteiger charge is -2.30. The molecule has 66 valence electrons. The van der Waals surface area contributed by atoms with E-state index in [0.717, 1.165) is 5.92 Å². The zero-order chi connectivity index (χ0) is 8.18. The summed E-state index contributed by atoms with van der Waals surface area (Å²) in [6.45, 7) is 0. The molecule has 1 fully saturated rings. The molecule has 0 aromatic rings. The zero-order valence-corrected chi connectivity index (χ0v) is 7.47. The van der Waals surface area contributed by atoms with Gasteiger partial charge in [0.25, 0.3) is 0 Å². The zero-order valence-electron chi connectivity index (χ0n) is 7.47. The van der Waals surface area contributed by atoms with Gasteiger partial charge in [-0.1, -0.05) is 0 Å². The Morgan fingerprint density at radius 3 is 3.08 bits per heavy atom. The smallest absolute Gasteiger partial charge is 0.157 e. The van der Waals surface area contributed by atoms with E-state index in [-0.39, 0.29) is 0 Å². The number of nitrogens with zero attached hydrogens (tertiary/aromatic N) is 1. The summed E-state index contributed by atoms with van der Waals surface area (Å²) in [7, 11) is 0. The van der Waals surface area contributed by atoms with Gasteiger partial charge in [-0.25, -0.2) is 0 Å². The fourth-order valence-corrected chi connectivity index (χ4v) is 3.47. The van der Waals surface area contributed by atoms with Gasteiger partial charge in [-0.3, -0.25) is 4.68 Å². The van der Waals surface area contributed by atoms with Crippen molar-refractivity contribution in [2.75, 3.05) is 0 Å². The minimum absolute atomic E-state index is 0.308. The van der Waals surface area contributed by atoms with Crippen LogP contribution in [0.2, 0.25) is 0 Å². The lowest BCUT2D eigenvalue weighted by Crippen LogP contribution is -2.38. The average Bonchev–Trinajstić information content (AvgIpc) is 2.29. The van der Waals surface area contributed by atoms with Crippen LogP contribution < -0.4 is 0 Å². The summed E-state index contributed by atoms with van der Waals surface area (Å²) in [6.07, 6.45) is 9.21. The number of hydrogen-bond acceptors (Lipinski definition) is 0. The maximum atomic E-state index is 8.06. The van der Waals surface area contributed by atoms with Crippen molar-refractivity contribution in [3.05, 3.63) is 5.84 Å². The molecular formula is C10H16N2. The molecule has 2 heteroatoms. The third-order valence-electron chi connectivity index (χ3n) is 4.23. The molecule has 1 aliphatic carbocycles. The third-order valence-corrected chi connectivity index (χ3v) is 4.23. The molecule has 1 saturated carbocycles. The summed E-state index contributed by atoms with van der Waals surface area (Å²) in [5, 5.41) is 0. The predicted octanol–water partition coefficient (Wildman–Crippen LogP) is 2.53. The van der Waals surface area contributed by atoms with Crippen molar-refractivity contribution in [2.45, 2.75) is 50.5 Å². The predicted molar refractivity (Wildman–Crippen MR) is 48.1 cm³/mol. The summed E-state index contributed by atoms with van der Waals surface area (Å²) in [5.41, 5.74) is 1.78. The van der Waals surface area contributed by atoms with E-state index in [1.807, 2.05) is 4.68 Å². The first kappa shape index (κ1) is 6.93. The second-order valence-electron chi connectivity index (χ2n) is 4.68. The molecule has 3 aliphatic heterocycles. The number of rotatable bonds is 0. The highest BCUT2D eigenvalue weighted by atomic mass is 15.4. The maximum Gasteiger partial charge on any atom is 0.157 e. The fourth-order valence-electron chi connectivity index (χ4n) is 3.47. The summed E-state index contributed by atoms with van der Waals surface area (Å²) >= 11 is 0. The van der Waals surface area contributed by atoms with Gasteiger partial charge < -0.3 is 5.84 Å². The van der Waals surface area contributed by atoms with Crippen LogP contribution >= 0.6 is 0 Å². The van der Waals surface area contributed by atoms with Crippen molar-refractivity contribution in [3.8, 4) is 0 Å². The first-order chi connectivity index (χ1) is 5.82. The van der Waals surface area contributed by atoms with Gasteiger partial charge in [0.1, 0.15) is 0 Å². The van der Waals surface area contributed by atoms with Crippen molar-refractivity contribution >= 4 is 5.71 Å². The first-order valence-corrected chi connectivity index (χ1v) is 5.19. The van der Waals surface area contributed by atoms with Crippen molar-refractivity contribution in [1.29, 1.82) is 0 Å². The van der Waals surface area contributed by atoms with Crippen LogP contribution in [0.4, 0.5) is 0 Å². The Bertz CT molecular complexity index is 253. The van der Waals surface area contributed by atoms with E-state index in [1.165, 1.54) is 50.7 Å². The van der Waals surface area contributed by atoms with E-state index in [0.29, 0.717) is 5.54 Å². The molecule has 0 aromatic heterocycles. The molecule has 2 atom stereocenters. The highest BCUT2D eigenvalue weighted by Gasteiger charge is 2.51. The normalized spacial score (nSPS) is 45.2. The van der Waals surface area contributed by atoms with Crippen molar-refractivity contribution in [1.82, 2.24) is 0 Å². The first-order valence-electron chi connectivity index (χ1n) is 5.19.